The molecule has 0 saturated carbocycles. The molecule has 0 bridgehead atoms. The van der Waals surface area contributed by atoms with E-state index in [0.717, 1.165) is 29.4 Å². The predicted molar refractivity (Wildman–Crippen MR) is 77.5 cm³/mol. The van der Waals surface area contributed by atoms with Crippen LogP contribution >= 0.6 is 0 Å². The van der Waals surface area contributed by atoms with Gasteiger partial charge in [0.1, 0.15) is 29.8 Å². The van der Waals surface area contributed by atoms with Crippen LogP contribution in [0.4, 0.5) is 11.6 Å². The summed E-state index contributed by atoms with van der Waals surface area (Å²) in [5.41, 5.74) is 3.71. The Morgan fingerprint density at radius 2 is 2.10 bits per heavy atom. The van der Waals surface area contributed by atoms with Crippen molar-refractivity contribution in [2.45, 2.75) is 19.4 Å². The molecule has 2 heterocycles. The molecule has 1 aliphatic rings. The zero-order chi connectivity index (χ0) is 13.9. The first-order chi connectivity index (χ1) is 9.80. The maximum absolute atomic E-state index is 5.65. The van der Waals surface area contributed by atoms with Gasteiger partial charge in [-0.3, -0.25) is 0 Å². The van der Waals surface area contributed by atoms with Gasteiger partial charge < -0.3 is 15.5 Å². The van der Waals surface area contributed by atoms with Gasteiger partial charge in [0.05, 0.1) is 6.04 Å². The van der Waals surface area contributed by atoms with Crippen molar-refractivity contribution in [1.82, 2.24) is 9.97 Å². The molecule has 0 radical (unpaired) electrons. The summed E-state index contributed by atoms with van der Waals surface area (Å²) >= 11 is 0. The van der Waals surface area contributed by atoms with Gasteiger partial charge in [-0.2, -0.15) is 0 Å². The van der Waals surface area contributed by atoms with Crippen LogP contribution < -0.4 is 21.3 Å². The molecule has 1 aromatic carbocycles. The molecule has 6 nitrogen and oxygen atoms in total. The van der Waals surface area contributed by atoms with Gasteiger partial charge >= 0.3 is 0 Å². The summed E-state index contributed by atoms with van der Waals surface area (Å²) in [5, 5.41) is 3.37. The molecule has 1 aromatic heterocycles. The number of nitrogen functional groups attached to an aromatic ring is 1. The molecule has 3 rings (SSSR count). The maximum atomic E-state index is 5.65. The Hall–Kier alpha value is -2.34. The lowest BCUT2D eigenvalue weighted by molar-refractivity contribution is 0.339. The van der Waals surface area contributed by atoms with Gasteiger partial charge in [-0.15, -0.1) is 0 Å². The van der Waals surface area contributed by atoms with E-state index in [1.807, 2.05) is 25.1 Å². The van der Waals surface area contributed by atoms with E-state index in [1.54, 1.807) is 6.07 Å². The highest BCUT2D eigenvalue weighted by Gasteiger charge is 2.23. The zero-order valence-electron chi connectivity index (χ0n) is 11.3. The van der Waals surface area contributed by atoms with Crippen molar-refractivity contribution >= 4 is 11.6 Å². The van der Waals surface area contributed by atoms with E-state index in [4.69, 9.17) is 10.6 Å². The van der Waals surface area contributed by atoms with Gasteiger partial charge in [-0.05, 0) is 6.07 Å². The molecule has 20 heavy (non-hydrogen) atoms. The first kappa shape index (κ1) is 12.7. The summed E-state index contributed by atoms with van der Waals surface area (Å²) in [6, 6.07) is 9.89. The topological polar surface area (TPSA) is 85.1 Å². The zero-order valence-corrected chi connectivity index (χ0v) is 11.3. The molecule has 1 atom stereocenters. The standard InChI is InChI=1S/C14H17N5O/c1-2-12-17-13(7-14(18-12)19-15)16-10-8-20-11-6-4-3-5-9(10)11/h3-7,10H,2,8,15H2,1H3,(H2,16,17,18,19). The molecule has 1 aliphatic heterocycles. The van der Waals surface area contributed by atoms with E-state index in [-0.39, 0.29) is 6.04 Å². The highest BCUT2D eigenvalue weighted by atomic mass is 16.5. The van der Waals surface area contributed by atoms with Crippen LogP contribution in [0, 0.1) is 0 Å². The minimum Gasteiger partial charge on any atom is -0.491 e. The number of nitrogens with one attached hydrogen (secondary N) is 2. The average molecular weight is 271 g/mol. The molecular formula is C14H17N5O. The second-order valence-corrected chi connectivity index (χ2v) is 4.60. The summed E-state index contributed by atoms with van der Waals surface area (Å²) in [6.45, 7) is 2.60. The third-order valence-electron chi connectivity index (χ3n) is 3.26. The van der Waals surface area contributed by atoms with Crippen LogP contribution in [0.5, 0.6) is 5.75 Å². The average Bonchev–Trinajstić information content (AvgIpc) is 2.90. The second kappa shape index (κ2) is 5.34. The fourth-order valence-corrected chi connectivity index (χ4v) is 2.26. The fraction of sp³-hybridized carbons (Fsp3) is 0.286. The molecule has 6 heteroatoms. The molecule has 0 spiro atoms. The van der Waals surface area contributed by atoms with Crippen LogP contribution in [0.2, 0.25) is 0 Å². The number of fused-ring (bicyclic) bond motifs is 1. The van der Waals surface area contributed by atoms with Crippen LogP contribution in [0.3, 0.4) is 0 Å². The van der Waals surface area contributed by atoms with Crippen LogP contribution in [-0.2, 0) is 6.42 Å². The molecule has 104 valence electrons. The Labute approximate surface area is 117 Å². The van der Waals surface area contributed by atoms with Crippen LogP contribution in [0.25, 0.3) is 0 Å². The number of rotatable bonds is 4. The predicted octanol–water partition coefficient (Wildman–Crippen LogP) is 1.87. The first-order valence-corrected chi connectivity index (χ1v) is 6.63. The number of hydrogen-bond acceptors (Lipinski definition) is 6. The Morgan fingerprint density at radius 3 is 2.90 bits per heavy atom. The van der Waals surface area contributed by atoms with Gasteiger partial charge in [-0.25, -0.2) is 15.8 Å². The fourth-order valence-electron chi connectivity index (χ4n) is 2.26. The van der Waals surface area contributed by atoms with E-state index in [1.165, 1.54) is 0 Å². The second-order valence-electron chi connectivity index (χ2n) is 4.60. The number of ether oxygens (including phenoxy) is 1. The number of para-hydroxylation sites is 1. The van der Waals surface area contributed by atoms with Crippen molar-refractivity contribution in [2.75, 3.05) is 17.3 Å². The molecule has 2 aromatic rings. The minimum absolute atomic E-state index is 0.0939. The minimum atomic E-state index is 0.0939. The van der Waals surface area contributed by atoms with E-state index >= 15 is 0 Å². The van der Waals surface area contributed by atoms with E-state index in [9.17, 15) is 0 Å². The van der Waals surface area contributed by atoms with Crippen LogP contribution in [0.15, 0.2) is 30.3 Å². The Kier molecular flexibility index (Phi) is 3.39. The monoisotopic (exact) mass is 271 g/mol. The molecule has 0 fully saturated rings. The molecule has 0 aliphatic carbocycles. The van der Waals surface area contributed by atoms with Crippen LogP contribution in [0.1, 0.15) is 24.4 Å². The van der Waals surface area contributed by atoms with E-state index in [0.29, 0.717) is 12.4 Å². The van der Waals surface area contributed by atoms with Crippen molar-refractivity contribution in [2.24, 2.45) is 5.84 Å². The van der Waals surface area contributed by atoms with Gasteiger partial charge in [0.25, 0.3) is 0 Å². The Balaban J connectivity index is 1.85. The molecular weight excluding hydrogens is 254 g/mol. The first-order valence-electron chi connectivity index (χ1n) is 6.63. The molecule has 0 saturated heterocycles. The van der Waals surface area contributed by atoms with Crippen molar-refractivity contribution in [3.63, 3.8) is 0 Å². The third-order valence-corrected chi connectivity index (χ3v) is 3.26. The number of aryl methyl sites for hydroxylation is 1. The molecule has 1 unspecified atom stereocenters. The van der Waals surface area contributed by atoms with Gasteiger partial charge in [0.2, 0.25) is 0 Å². The highest BCUT2D eigenvalue weighted by molar-refractivity contribution is 5.51. The summed E-state index contributed by atoms with van der Waals surface area (Å²) in [4.78, 5) is 8.73. The lowest BCUT2D eigenvalue weighted by Crippen LogP contribution is -2.16. The highest BCUT2D eigenvalue weighted by Crippen LogP contribution is 2.33. The van der Waals surface area contributed by atoms with Crippen molar-refractivity contribution in [3.8, 4) is 5.75 Å². The summed E-state index contributed by atoms with van der Waals surface area (Å²) in [7, 11) is 0. The van der Waals surface area contributed by atoms with E-state index in [2.05, 4.69) is 26.8 Å². The number of nitrogens with zero attached hydrogens (tertiary/aromatic N) is 2. The maximum Gasteiger partial charge on any atom is 0.145 e. The van der Waals surface area contributed by atoms with Crippen LogP contribution in [-0.4, -0.2) is 16.6 Å². The number of benzene rings is 1. The lowest BCUT2D eigenvalue weighted by atomic mass is 10.1. The molecule has 4 N–H and O–H groups in total. The van der Waals surface area contributed by atoms with Gasteiger partial charge in [0, 0.05) is 18.1 Å². The van der Waals surface area contributed by atoms with Crippen molar-refractivity contribution in [1.29, 1.82) is 0 Å². The molecule has 0 amide bonds. The normalized spacial score (nSPS) is 16.4. The number of aromatic nitrogens is 2. The summed E-state index contributed by atoms with van der Waals surface area (Å²) in [6.07, 6.45) is 0.752. The Morgan fingerprint density at radius 1 is 1.30 bits per heavy atom. The smallest absolute Gasteiger partial charge is 0.145 e. The van der Waals surface area contributed by atoms with Crippen molar-refractivity contribution < 1.29 is 4.74 Å². The number of anilines is 2. The van der Waals surface area contributed by atoms with Gasteiger partial charge in [-0.1, -0.05) is 25.1 Å². The summed E-state index contributed by atoms with van der Waals surface area (Å²) < 4.78 is 5.65. The number of nitrogens with two attached hydrogens (primary N) is 1. The lowest BCUT2D eigenvalue weighted by Gasteiger charge is -2.14. The quantitative estimate of drug-likeness (QED) is 0.581. The number of hydrogen-bond donors (Lipinski definition) is 3. The van der Waals surface area contributed by atoms with Crippen molar-refractivity contribution in [3.05, 3.63) is 41.7 Å². The third kappa shape index (κ3) is 2.37. The Bertz CT molecular complexity index is 594. The largest absolute Gasteiger partial charge is 0.491 e. The number of hydrazine groups is 1. The van der Waals surface area contributed by atoms with Gasteiger partial charge in [0.15, 0.2) is 0 Å². The van der Waals surface area contributed by atoms with E-state index < -0.39 is 0 Å². The summed E-state index contributed by atoms with van der Waals surface area (Å²) in [5.74, 6) is 8.45. The SMILES string of the molecule is CCc1nc(NN)cc(NC2COc3ccccc32)n1.